The highest BCUT2D eigenvalue weighted by molar-refractivity contribution is 7.92. The molecular formula is C22H22F6N2O5S2. The van der Waals surface area contributed by atoms with E-state index in [1.54, 1.807) is 0 Å². The first-order valence-electron chi connectivity index (χ1n) is 10.7. The van der Waals surface area contributed by atoms with Gasteiger partial charge in [0, 0.05) is 31.5 Å². The molecule has 2 heterocycles. The maximum absolute atomic E-state index is 13.3. The van der Waals surface area contributed by atoms with Crippen LogP contribution in [-0.4, -0.2) is 45.3 Å². The number of alkyl halides is 6. The molecule has 1 atom stereocenters. The van der Waals surface area contributed by atoms with Crippen LogP contribution in [0, 0.1) is 5.92 Å². The molecule has 37 heavy (non-hydrogen) atoms. The van der Waals surface area contributed by atoms with Gasteiger partial charge in [-0.05, 0) is 44.4 Å². The molecule has 0 unspecified atom stereocenters. The smallest absolute Gasteiger partial charge is 0.297 e. The molecule has 0 saturated carbocycles. The fraction of sp³-hybridized carbons (Fsp3) is 0.455. The van der Waals surface area contributed by atoms with E-state index in [9.17, 15) is 48.0 Å². The average Bonchev–Trinajstić information content (AvgIpc) is 2.76. The Morgan fingerprint density at radius 2 is 1.59 bits per heavy atom. The molecular weight excluding hydrogens is 550 g/mol. The van der Waals surface area contributed by atoms with Crippen LogP contribution in [0.1, 0.15) is 37.8 Å². The highest BCUT2D eigenvalue weighted by atomic mass is 32.2. The molecule has 204 valence electrons. The number of anilines is 1. The minimum absolute atomic E-state index is 0.00778. The van der Waals surface area contributed by atoms with E-state index in [0.29, 0.717) is 24.6 Å². The molecule has 1 saturated heterocycles. The van der Waals surface area contributed by atoms with Gasteiger partial charge in [0.25, 0.3) is 0 Å². The minimum Gasteiger partial charge on any atom is -0.297 e. The van der Waals surface area contributed by atoms with E-state index >= 15 is 0 Å². The molecule has 0 radical (unpaired) electrons. The zero-order valence-corrected chi connectivity index (χ0v) is 21.3. The monoisotopic (exact) mass is 572 g/mol. The van der Waals surface area contributed by atoms with Crippen LogP contribution in [0.15, 0.2) is 46.3 Å². The van der Waals surface area contributed by atoms with Gasteiger partial charge in [0.2, 0.25) is 5.91 Å². The Labute approximate surface area is 209 Å². The van der Waals surface area contributed by atoms with E-state index in [2.05, 4.69) is 4.98 Å². The van der Waals surface area contributed by atoms with E-state index in [0.717, 1.165) is 23.1 Å². The molecule has 0 bridgehead atoms. The molecule has 1 aliphatic heterocycles. The van der Waals surface area contributed by atoms with Gasteiger partial charge in [0.15, 0.2) is 19.7 Å². The lowest BCUT2D eigenvalue weighted by Gasteiger charge is -2.39. The van der Waals surface area contributed by atoms with Crippen molar-refractivity contribution in [3.63, 3.8) is 0 Å². The lowest BCUT2D eigenvalue weighted by molar-refractivity contribution is -0.140. The number of carbonyl (C=O) groups excluding carboxylic acids is 1. The number of aromatic nitrogens is 1. The summed E-state index contributed by atoms with van der Waals surface area (Å²) in [7, 11) is -8.72. The van der Waals surface area contributed by atoms with Gasteiger partial charge in [-0.15, -0.1) is 0 Å². The second kappa shape index (κ2) is 9.26. The third kappa shape index (κ3) is 5.61. The molecule has 2 aromatic rings. The molecule has 3 rings (SSSR count). The number of hydrogen-bond donors (Lipinski definition) is 0. The van der Waals surface area contributed by atoms with Crippen molar-refractivity contribution in [1.82, 2.24) is 4.98 Å². The van der Waals surface area contributed by atoms with Crippen LogP contribution in [0.25, 0.3) is 0 Å². The van der Waals surface area contributed by atoms with Crippen LogP contribution in [-0.2, 0) is 36.8 Å². The summed E-state index contributed by atoms with van der Waals surface area (Å²) >= 11 is 0. The SMILES string of the molecule is CC(C)([C@@H]1CCN(c2cc(S(C)(=O)=O)c(C(F)(F)F)cn2)C(=O)C1)S(=O)(=O)c1cccc(C(F)(F)F)c1. The molecule has 1 aliphatic rings. The van der Waals surface area contributed by atoms with Crippen molar-refractivity contribution in [2.75, 3.05) is 17.7 Å². The first kappa shape index (κ1) is 28.9. The van der Waals surface area contributed by atoms with Crippen LogP contribution in [0.5, 0.6) is 0 Å². The summed E-state index contributed by atoms with van der Waals surface area (Å²) in [6.07, 6.45) is -9.29. The van der Waals surface area contributed by atoms with Crippen molar-refractivity contribution in [2.45, 2.75) is 53.6 Å². The number of rotatable bonds is 5. The van der Waals surface area contributed by atoms with Gasteiger partial charge in [0.1, 0.15) is 5.82 Å². The van der Waals surface area contributed by atoms with Crippen molar-refractivity contribution in [3.05, 3.63) is 47.7 Å². The average molecular weight is 573 g/mol. The van der Waals surface area contributed by atoms with Crippen molar-refractivity contribution < 1.29 is 48.0 Å². The molecule has 1 amide bonds. The zero-order chi connectivity index (χ0) is 28.2. The highest BCUT2D eigenvalue weighted by Crippen LogP contribution is 2.41. The summed E-state index contributed by atoms with van der Waals surface area (Å²) in [5.41, 5.74) is -2.64. The van der Waals surface area contributed by atoms with Gasteiger partial charge in [-0.25, -0.2) is 21.8 Å². The number of hydrogen-bond acceptors (Lipinski definition) is 6. The highest BCUT2D eigenvalue weighted by Gasteiger charge is 2.47. The first-order valence-corrected chi connectivity index (χ1v) is 14.0. The Hall–Kier alpha value is -2.68. The molecule has 1 aromatic carbocycles. The number of sulfone groups is 2. The third-order valence-corrected chi connectivity index (χ3v) is 10.1. The maximum atomic E-state index is 13.3. The standard InChI is InChI=1S/C22H22F6N2O5S2/c1-20(2,37(34,35)15-6-4-5-14(9-15)21(23,24)25)13-7-8-30(19(31)10-13)18-11-17(36(3,32)33)16(12-29-18)22(26,27)28/h4-6,9,11-13H,7-8,10H2,1-3H3/t13-/m1/s1. The third-order valence-electron chi connectivity index (χ3n) is 6.40. The second-order valence-electron chi connectivity index (χ2n) is 9.18. The van der Waals surface area contributed by atoms with Gasteiger partial charge in [-0.3, -0.25) is 9.69 Å². The predicted octanol–water partition coefficient (Wildman–Crippen LogP) is 4.52. The summed E-state index contributed by atoms with van der Waals surface area (Å²) < 4.78 is 128. The van der Waals surface area contributed by atoms with Crippen molar-refractivity contribution in [1.29, 1.82) is 0 Å². The zero-order valence-electron chi connectivity index (χ0n) is 19.7. The Balaban J connectivity index is 1.91. The van der Waals surface area contributed by atoms with Gasteiger partial charge >= 0.3 is 12.4 Å². The number of carbonyl (C=O) groups is 1. The van der Waals surface area contributed by atoms with Crippen LogP contribution in [0.2, 0.25) is 0 Å². The molecule has 7 nitrogen and oxygen atoms in total. The number of pyridine rings is 1. The Kier molecular flexibility index (Phi) is 7.23. The number of piperidine rings is 1. The summed E-state index contributed by atoms with van der Waals surface area (Å²) in [6.45, 7) is 2.37. The second-order valence-corrected chi connectivity index (χ2v) is 13.7. The summed E-state index contributed by atoms with van der Waals surface area (Å²) in [5.74, 6) is -1.94. The Morgan fingerprint density at radius 3 is 2.11 bits per heavy atom. The maximum Gasteiger partial charge on any atom is 0.419 e. The van der Waals surface area contributed by atoms with E-state index in [-0.39, 0.29) is 18.8 Å². The summed E-state index contributed by atoms with van der Waals surface area (Å²) in [4.78, 5) is 15.8. The van der Waals surface area contributed by atoms with E-state index in [1.165, 1.54) is 13.8 Å². The summed E-state index contributed by atoms with van der Waals surface area (Å²) in [6, 6.07) is 3.89. The Morgan fingerprint density at radius 1 is 0.973 bits per heavy atom. The lowest BCUT2D eigenvalue weighted by Crippen LogP contribution is -2.49. The van der Waals surface area contributed by atoms with Crippen molar-refractivity contribution in [3.8, 4) is 0 Å². The van der Waals surface area contributed by atoms with E-state index in [1.807, 2.05) is 0 Å². The number of benzene rings is 1. The minimum atomic E-state index is -5.01. The molecule has 0 spiro atoms. The summed E-state index contributed by atoms with van der Waals surface area (Å²) in [5, 5.41) is 0. The van der Waals surface area contributed by atoms with Crippen LogP contribution < -0.4 is 4.90 Å². The molecule has 1 fully saturated rings. The van der Waals surface area contributed by atoms with Gasteiger partial charge in [-0.1, -0.05) is 6.07 Å². The largest absolute Gasteiger partial charge is 0.419 e. The fourth-order valence-electron chi connectivity index (χ4n) is 4.12. The first-order chi connectivity index (χ1) is 16.7. The van der Waals surface area contributed by atoms with Crippen LogP contribution >= 0.6 is 0 Å². The van der Waals surface area contributed by atoms with E-state index in [4.69, 9.17) is 0 Å². The van der Waals surface area contributed by atoms with Gasteiger partial charge in [0.05, 0.1) is 25.7 Å². The van der Waals surface area contributed by atoms with Gasteiger partial charge < -0.3 is 0 Å². The van der Waals surface area contributed by atoms with Gasteiger partial charge in [-0.2, -0.15) is 26.3 Å². The molecule has 1 aromatic heterocycles. The predicted molar refractivity (Wildman–Crippen MR) is 120 cm³/mol. The number of amides is 1. The molecule has 0 aliphatic carbocycles. The van der Waals surface area contributed by atoms with E-state index < -0.39 is 75.9 Å². The number of halogens is 6. The van der Waals surface area contributed by atoms with Crippen molar-refractivity contribution >= 4 is 31.4 Å². The van der Waals surface area contributed by atoms with Crippen LogP contribution in [0.4, 0.5) is 32.2 Å². The molecule has 0 N–H and O–H groups in total. The topological polar surface area (TPSA) is 101 Å². The van der Waals surface area contributed by atoms with Crippen molar-refractivity contribution in [2.24, 2.45) is 5.92 Å². The quantitative estimate of drug-likeness (QED) is 0.489. The molecule has 15 heteroatoms. The lowest BCUT2D eigenvalue weighted by atomic mass is 9.85. The normalized spacial score (nSPS) is 18.2. The van der Waals surface area contributed by atoms with Crippen LogP contribution in [0.3, 0.4) is 0 Å². The Bertz CT molecular complexity index is 1430. The number of nitrogens with zero attached hydrogens (tertiary/aromatic N) is 2. The fourth-order valence-corrected chi connectivity index (χ4v) is 6.80.